The SMILES string of the molecule is O=C1CN(C(=O)C(C(F)(F)F)C(F)(F)F)C(C(=O)O)CN1. The van der Waals surface area contributed by atoms with E-state index in [2.05, 4.69) is 0 Å². The molecule has 0 bridgehead atoms. The monoisotopic (exact) mass is 322 g/mol. The van der Waals surface area contributed by atoms with E-state index in [1.54, 1.807) is 0 Å². The van der Waals surface area contributed by atoms with Crippen LogP contribution in [0.25, 0.3) is 0 Å². The van der Waals surface area contributed by atoms with Gasteiger partial charge in [0, 0.05) is 6.54 Å². The first-order valence-electron chi connectivity index (χ1n) is 5.29. The van der Waals surface area contributed by atoms with Crippen molar-refractivity contribution >= 4 is 17.8 Å². The van der Waals surface area contributed by atoms with Crippen molar-refractivity contribution in [3.8, 4) is 0 Å². The summed E-state index contributed by atoms with van der Waals surface area (Å²) in [5.74, 6) is -9.77. The average Bonchev–Trinajstić information content (AvgIpc) is 2.24. The predicted molar refractivity (Wildman–Crippen MR) is 51.7 cm³/mol. The first-order valence-corrected chi connectivity index (χ1v) is 5.29. The number of carbonyl (C=O) groups is 3. The van der Waals surface area contributed by atoms with E-state index in [9.17, 15) is 40.7 Å². The molecule has 1 aliphatic heterocycles. The average molecular weight is 322 g/mol. The number of halogens is 6. The van der Waals surface area contributed by atoms with Gasteiger partial charge in [-0.15, -0.1) is 0 Å². The van der Waals surface area contributed by atoms with Crippen LogP contribution in [-0.2, 0) is 14.4 Å². The van der Waals surface area contributed by atoms with Gasteiger partial charge in [0.05, 0.1) is 0 Å². The Labute approximate surface area is 112 Å². The lowest BCUT2D eigenvalue weighted by molar-refractivity contribution is -0.278. The van der Waals surface area contributed by atoms with Gasteiger partial charge in [0.15, 0.2) is 0 Å². The van der Waals surface area contributed by atoms with Crippen molar-refractivity contribution in [3.63, 3.8) is 0 Å². The smallest absolute Gasteiger partial charge is 0.409 e. The first kappa shape index (κ1) is 17.0. The van der Waals surface area contributed by atoms with E-state index < -0.39 is 55.2 Å². The third kappa shape index (κ3) is 3.76. The molecule has 2 amide bonds. The third-order valence-corrected chi connectivity index (χ3v) is 2.65. The number of rotatable bonds is 2. The van der Waals surface area contributed by atoms with Gasteiger partial charge in [0.2, 0.25) is 17.7 Å². The summed E-state index contributed by atoms with van der Waals surface area (Å²) in [5.41, 5.74) is 0. The summed E-state index contributed by atoms with van der Waals surface area (Å²) < 4.78 is 74.6. The van der Waals surface area contributed by atoms with Gasteiger partial charge in [-0.05, 0) is 0 Å². The van der Waals surface area contributed by atoms with Gasteiger partial charge in [-0.25, -0.2) is 4.79 Å². The van der Waals surface area contributed by atoms with Crippen LogP contribution in [0, 0.1) is 5.92 Å². The van der Waals surface area contributed by atoms with Gasteiger partial charge in [-0.3, -0.25) is 9.59 Å². The fourth-order valence-corrected chi connectivity index (χ4v) is 1.73. The number of hydrogen-bond donors (Lipinski definition) is 2. The number of piperazine rings is 1. The molecule has 1 unspecified atom stereocenters. The van der Waals surface area contributed by atoms with Crippen molar-refractivity contribution in [2.75, 3.05) is 13.1 Å². The van der Waals surface area contributed by atoms with Crippen LogP contribution < -0.4 is 5.32 Å². The Bertz CT molecular complexity index is 446. The summed E-state index contributed by atoms with van der Waals surface area (Å²) >= 11 is 0. The highest BCUT2D eigenvalue weighted by Gasteiger charge is 2.63. The van der Waals surface area contributed by atoms with Gasteiger partial charge < -0.3 is 15.3 Å². The highest BCUT2D eigenvalue weighted by atomic mass is 19.4. The van der Waals surface area contributed by atoms with Crippen LogP contribution in [0.3, 0.4) is 0 Å². The molecule has 1 atom stereocenters. The van der Waals surface area contributed by atoms with E-state index >= 15 is 0 Å². The van der Waals surface area contributed by atoms with Gasteiger partial charge in [0.25, 0.3) is 0 Å². The highest BCUT2D eigenvalue weighted by Crippen LogP contribution is 2.40. The fraction of sp³-hybridized carbons (Fsp3) is 0.667. The molecular weight excluding hydrogens is 314 g/mol. The van der Waals surface area contributed by atoms with Crippen LogP contribution in [0.4, 0.5) is 26.3 Å². The van der Waals surface area contributed by atoms with Crippen molar-refractivity contribution < 1.29 is 45.8 Å². The van der Waals surface area contributed by atoms with Crippen molar-refractivity contribution in [2.45, 2.75) is 18.4 Å². The molecule has 0 aliphatic carbocycles. The standard InChI is InChI=1S/C9H8F6N2O4/c10-8(11,12)5(9(13,14)15)6(19)17-2-4(18)16-1-3(17)7(20)21/h3,5H,1-2H2,(H,16,18)(H,20,21). The van der Waals surface area contributed by atoms with Gasteiger partial charge >= 0.3 is 18.3 Å². The minimum absolute atomic E-state index is 0.229. The maximum atomic E-state index is 12.4. The zero-order valence-corrected chi connectivity index (χ0v) is 9.96. The number of aliphatic carboxylic acids is 1. The van der Waals surface area contributed by atoms with Crippen molar-refractivity contribution in [1.29, 1.82) is 0 Å². The second-order valence-electron chi connectivity index (χ2n) is 4.14. The lowest BCUT2D eigenvalue weighted by Crippen LogP contribution is -2.62. The number of alkyl halides is 6. The molecule has 0 radical (unpaired) electrons. The van der Waals surface area contributed by atoms with Crippen LogP contribution in [0.5, 0.6) is 0 Å². The van der Waals surface area contributed by atoms with Crippen molar-refractivity contribution in [2.24, 2.45) is 5.92 Å². The summed E-state index contributed by atoms with van der Waals surface area (Å²) in [6.45, 7) is -1.97. The Morgan fingerprint density at radius 3 is 2.05 bits per heavy atom. The Morgan fingerprint density at radius 1 is 1.19 bits per heavy atom. The molecular formula is C9H8F6N2O4. The molecule has 21 heavy (non-hydrogen) atoms. The molecule has 1 aliphatic rings. The van der Waals surface area contributed by atoms with Crippen LogP contribution in [0.2, 0.25) is 0 Å². The van der Waals surface area contributed by atoms with E-state index in [4.69, 9.17) is 5.11 Å². The van der Waals surface area contributed by atoms with E-state index in [-0.39, 0.29) is 4.90 Å². The second-order valence-corrected chi connectivity index (χ2v) is 4.14. The number of carbonyl (C=O) groups excluding carboxylic acids is 2. The van der Waals surface area contributed by atoms with Gasteiger partial charge in [0.1, 0.15) is 12.6 Å². The third-order valence-electron chi connectivity index (χ3n) is 2.65. The summed E-state index contributed by atoms with van der Waals surface area (Å²) in [4.78, 5) is 33.1. The zero-order chi connectivity index (χ0) is 16.6. The quantitative estimate of drug-likeness (QED) is 0.708. The van der Waals surface area contributed by atoms with Crippen molar-refractivity contribution in [3.05, 3.63) is 0 Å². The molecule has 0 saturated carbocycles. The molecule has 0 aromatic rings. The van der Waals surface area contributed by atoms with E-state index in [0.29, 0.717) is 0 Å². The molecule has 0 aromatic carbocycles. The van der Waals surface area contributed by atoms with Gasteiger partial charge in [-0.1, -0.05) is 0 Å². The molecule has 1 heterocycles. The maximum Gasteiger partial charge on any atom is 0.409 e. The summed E-state index contributed by atoms with van der Waals surface area (Å²) in [6.07, 6.45) is -11.9. The van der Waals surface area contributed by atoms with E-state index in [1.807, 2.05) is 5.32 Å². The first-order chi connectivity index (χ1) is 9.35. The Morgan fingerprint density at radius 2 is 1.67 bits per heavy atom. The number of nitrogens with one attached hydrogen (secondary N) is 1. The van der Waals surface area contributed by atoms with E-state index in [0.717, 1.165) is 0 Å². The number of amides is 2. The summed E-state index contributed by atoms with van der Waals surface area (Å²) in [5, 5.41) is 10.7. The Balaban J connectivity index is 3.16. The zero-order valence-electron chi connectivity index (χ0n) is 9.96. The van der Waals surface area contributed by atoms with Crippen LogP contribution in [-0.4, -0.2) is 59.3 Å². The Hall–Kier alpha value is -2.01. The molecule has 1 rings (SSSR count). The Kier molecular flexibility index (Phi) is 4.39. The van der Waals surface area contributed by atoms with Gasteiger partial charge in [-0.2, -0.15) is 26.3 Å². The number of nitrogens with zero attached hydrogens (tertiary/aromatic N) is 1. The summed E-state index contributed by atoms with van der Waals surface area (Å²) in [7, 11) is 0. The molecule has 1 fully saturated rings. The number of hydrogen-bond acceptors (Lipinski definition) is 3. The largest absolute Gasteiger partial charge is 0.480 e. The second kappa shape index (κ2) is 5.41. The molecule has 0 aromatic heterocycles. The van der Waals surface area contributed by atoms with Crippen LogP contribution in [0.1, 0.15) is 0 Å². The van der Waals surface area contributed by atoms with Crippen LogP contribution in [0.15, 0.2) is 0 Å². The molecule has 6 nitrogen and oxygen atoms in total. The van der Waals surface area contributed by atoms with Crippen LogP contribution >= 0.6 is 0 Å². The molecule has 12 heteroatoms. The fourth-order valence-electron chi connectivity index (χ4n) is 1.73. The minimum Gasteiger partial charge on any atom is -0.480 e. The summed E-state index contributed by atoms with van der Waals surface area (Å²) in [6, 6.07) is -2.00. The van der Waals surface area contributed by atoms with E-state index in [1.165, 1.54) is 0 Å². The predicted octanol–water partition coefficient (Wildman–Crippen LogP) is 0.139. The minimum atomic E-state index is -5.95. The molecule has 2 N–H and O–H groups in total. The topological polar surface area (TPSA) is 86.7 Å². The molecule has 0 spiro atoms. The molecule has 1 saturated heterocycles. The lowest BCUT2D eigenvalue weighted by atomic mass is 10.0. The normalized spacial score (nSPS) is 20.4. The van der Waals surface area contributed by atoms with Crippen molar-refractivity contribution in [1.82, 2.24) is 10.2 Å². The molecule has 120 valence electrons. The number of carboxylic acids is 1. The number of carboxylic acid groups (broad SMARTS) is 1. The lowest BCUT2D eigenvalue weighted by Gasteiger charge is -2.35. The maximum absolute atomic E-state index is 12.4. The highest BCUT2D eigenvalue weighted by molar-refractivity contribution is 5.92.